The second-order valence-corrected chi connectivity index (χ2v) is 7.97. The predicted octanol–water partition coefficient (Wildman–Crippen LogP) is 2.16. The number of hydrogen-bond acceptors (Lipinski definition) is 5. The Morgan fingerprint density at radius 2 is 2.12 bits per heavy atom. The molecule has 1 fully saturated rings. The Hall–Kier alpha value is -2.41. The lowest BCUT2D eigenvalue weighted by Gasteiger charge is -2.25. The van der Waals surface area contributed by atoms with Gasteiger partial charge in [-0.1, -0.05) is 41.6 Å². The average molecular weight is 346 g/mol. The van der Waals surface area contributed by atoms with E-state index < -0.39 is 9.84 Å². The van der Waals surface area contributed by atoms with Gasteiger partial charge >= 0.3 is 0 Å². The van der Waals surface area contributed by atoms with Crippen LogP contribution in [0.1, 0.15) is 16.9 Å². The zero-order valence-electron chi connectivity index (χ0n) is 13.1. The predicted molar refractivity (Wildman–Crippen MR) is 90.2 cm³/mol. The minimum atomic E-state index is -3.08. The van der Waals surface area contributed by atoms with Gasteiger partial charge in [0.15, 0.2) is 21.3 Å². The molecule has 126 valence electrons. The smallest absolute Gasteiger partial charge is 0.276 e. The van der Waals surface area contributed by atoms with E-state index in [1.807, 2.05) is 30.3 Å². The van der Waals surface area contributed by atoms with E-state index in [1.165, 1.54) is 4.90 Å². The van der Waals surface area contributed by atoms with Crippen molar-refractivity contribution in [2.24, 2.45) is 0 Å². The summed E-state index contributed by atoms with van der Waals surface area (Å²) in [6.07, 6.45) is 2.02. The van der Waals surface area contributed by atoms with Crippen molar-refractivity contribution >= 4 is 15.7 Å². The number of carbonyl (C=O) groups is 1. The molecule has 2 aromatic rings. The molecule has 0 unspecified atom stereocenters. The normalized spacial score (nSPS) is 19.1. The Morgan fingerprint density at radius 1 is 1.38 bits per heavy atom. The SMILES string of the molecule is C=CCN(C(=O)c1cc(-c2ccccc2)on1)[C@@H]1CCS(=O)(=O)C1. The van der Waals surface area contributed by atoms with Crippen molar-refractivity contribution in [1.29, 1.82) is 0 Å². The number of carbonyl (C=O) groups excluding carboxylic acids is 1. The number of benzene rings is 1. The van der Waals surface area contributed by atoms with E-state index in [1.54, 1.807) is 12.1 Å². The molecule has 0 bridgehead atoms. The topological polar surface area (TPSA) is 80.5 Å². The number of hydrogen-bond donors (Lipinski definition) is 0. The molecule has 3 rings (SSSR count). The summed E-state index contributed by atoms with van der Waals surface area (Å²) in [5.41, 5.74) is 0.989. The maximum atomic E-state index is 12.7. The molecule has 0 N–H and O–H groups in total. The van der Waals surface area contributed by atoms with Crippen LogP contribution >= 0.6 is 0 Å². The molecule has 6 nitrogen and oxygen atoms in total. The summed E-state index contributed by atoms with van der Waals surface area (Å²) in [6, 6.07) is 10.6. The summed E-state index contributed by atoms with van der Waals surface area (Å²) in [4.78, 5) is 14.2. The van der Waals surface area contributed by atoms with E-state index in [0.29, 0.717) is 12.2 Å². The first kappa shape index (κ1) is 16.4. The average Bonchev–Trinajstić information content (AvgIpc) is 3.19. The highest BCUT2D eigenvalue weighted by Gasteiger charge is 2.35. The summed E-state index contributed by atoms with van der Waals surface area (Å²) in [6.45, 7) is 3.92. The van der Waals surface area contributed by atoms with Crippen LogP contribution in [0.5, 0.6) is 0 Å². The van der Waals surface area contributed by atoms with Crippen molar-refractivity contribution in [2.45, 2.75) is 12.5 Å². The molecule has 0 spiro atoms. The molecule has 0 radical (unpaired) electrons. The second-order valence-electron chi connectivity index (χ2n) is 5.75. The lowest BCUT2D eigenvalue weighted by molar-refractivity contribution is 0.0710. The van der Waals surface area contributed by atoms with Gasteiger partial charge in [-0.3, -0.25) is 4.79 Å². The Bertz CT molecular complexity index is 842. The zero-order chi connectivity index (χ0) is 17.2. The third-order valence-electron chi connectivity index (χ3n) is 4.02. The molecule has 0 aliphatic carbocycles. The van der Waals surface area contributed by atoms with Crippen molar-refractivity contribution in [3.05, 3.63) is 54.7 Å². The number of aromatic nitrogens is 1. The Balaban J connectivity index is 1.83. The van der Waals surface area contributed by atoms with Crippen LogP contribution in [0.4, 0.5) is 0 Å². The van der Waals surface area contributed by atoms with E-state index >= 15 is 0 Å². The summed E-state index contributed by atoms with van der Waals surface area (Å²) in [5, 5.41) is 3.85. The molecule has 1 aliphatic heterocycles. The minimum absolute atomic E-state index is 0.0179. The molecule has 7 heteroatoms. The van der Waals surface area contributed by atoms with Crippen LogP contribution in [0.2, 0.25) is 0 Å². The van der Waals surface area contributed by atoms with Gasteiger partial charge in [-0.25, -0.2) is 8.42 Å². The number of rotatable bonds is 5. The first-order valence-corrected chi connectivity index (χ1v) is 9.47. The van der Waals surface area contributed by atoms with Crippen LogP contribution in [0.3, 0.4) is 0 Å². The van der Waals surface area contributed by atoms with Gasteiger partial charge in [-0.05, 0) is 6.42 Å². The third-order valence-corrected chi connectivity index (χ3v) is 5.77. The lowest BCUT2D eigenvalue weighted by Crippen LogP contribution is -2.41. The summed E-state index contributed by atoms with van der Waals surface area (Å²) in [5.74, 6) is 0.238. The van der Waals surface area contributed by atoms with Crippen molar-refractivity contribution in [3.63, 3.8) is 0 Å². The first-order chi connectivity index (χ1) is 11.5. The Morgan fingerprint density at radius 3 is 2.75 bits per heavy atom. The first-order valence-electron chi connectivity index (χ1n) is 7.64. The summed E-state index contributed by atoms with van der Waals surface area (Å²) in [7, 11) is -3.08. The van der Waals surface area contributed by atoms with E-state index in [9.17, 15) is 13.2 Å². The molecule has 1 amide bonds. The van der Waals surface area contributed by atoms with Crippen LogP contribution in [0.15, 0.2) is 53.6 Å². The molecule has 1 aromatic carbocycles. The van der Waals surface area contributed by atoms with E-state index in [4.69, 9.17) is 4.52 Å². The standard InChI is InChI=1S/C17H18N2O4S/c1-2-9-19(14-8-10-24(21,22)12-14)17(20)15-11-16(23-18-15)13-6-4-3-5-7-13/h2-7,11,14H,1,8-10,12H2/t14-/m1/s1. The van der Waals surface area contributed by atoms with Crippen LogP contribution in [-0.4, -0.2) is 48.5 Å². The molecule has 1 aliphatic rings. The zero-order valence-corrected chi connectivity index (χ0v) is 13.9. The molecule has 1 atom stereocenters. The van der Waals surface area contributed by atoms with Gasteiger partial charge in [0.05, 0.1) is 11.5 Å². The van der Waals surface area contributed by atoms with Gasteiger partial charge in [0.25, 0.3) is 5.91 Å². The maximum Gasteiger partial charge on any atom is 0.276 e. The molecule has 1 saturated heterocycles. The summed E-state index contributed by atoms with van der Waals surface area (Å²) < 4.78 is 28.7. The quantitative estimate of drug-likeness (QED) is 0.775. The van der Waals surface area contributed by atoms with Gasteiger partial charge < -0.3 is 9.42 Å². The summed E-state index contributed by atoms with van der Waals surface area (Å²) >= 11 is 0. The van der Waals surface area contributed by atoms with Gasteiger partial charge in [-0.2, -0.15) is 0 Å². The van der Waals surface area contributed by atoms with Gasteiger partial charge in [0, 0.05) is 24.2 Å². The second kappa shape index (κ2) is 6.60. The highest BCUT2D eigenvalue weighted by atomic mass is 32.2. The molecule has 0 saturated carbocycles. The van der Waals surface area contributed by atoms with Crippen molar-refractivity contribution in [1.82, 2.24) is 10.1 Å². The highest BCUT2D eigenvalue weighted by Crippen LogP contribution is 2.23. The minimum Gasteiger partial charge on any atom is -0.355 e. The monoisotopic (exact) mass is 346 g/mol. The van der Waals surface area contributed by atoms with Crippen molar-refractivity contribution < 1.29 is 17.7 Å². The van der Waals surface area contributed by atoms with Gasteiger partial charge in [-0.15, -0.1) is 6.58 Å². The van der Waals surface area contributed by atoms with E-state index in [-0.39, 0.29) is 35.7 Å². The highest BCUT2D eigenvalue weighted by molar-refractivity contribution is 7.91. The van der Waals surface area contributed by atoms with Crippen molar-refractivity contribution in [2.75, 3.05) is 18.1 Å². The fourth-order valence-corrected chi connectivity index (χ4v) is 4.55. The maximum absolute atomic E-state index is 12.7. The van der Waals surface area contributed by atoms with Gasteiger partial charge in [0.1, 0.15) is 0 Å². The lowest BCUT2D eigenvalue weighted by atomic mass is 10.1. The molecule has 24 heavy (non-hydrogen) atoms. The molecule has 2 heterocycles. The third kappa shape index (κ3) is 3.41. The number of nitrogens with zero attached hydrogens (tertiary/aromatic N) is 2. The molecular weight excluding hydrogens is 328 g/mol. The van der Waals surface area contributed by atoms with Crippen molar-refractivity contribution in [3.8, 4) is 11.3 Å². The molecular formula is C17H18N2O4S. The number of amides is 1. The molecule has 1 aromatic heterocycles. The van der Waals surface area contributed by atoms with Crippen LogP contribution < -0.4 is 0 Å². The van der Waals surface area contributed by atoms with Crippen LogP contribution in [0.25, 0.3) is 11.3 Å². The van der Waals surface area contributed by atoms with Gasteiger partial charge in [0.2, 0.25) is 0 Å². The van der Waals surface area contributed by atoms with Crippen LogP contribution in [-0.2, 0) is 9.84 Å². The Labute approximate surface area is 140 Å². The number of sulfone groups is 1. The largest absolute Gasteiger partial charge is 0.355 e. The van der Waals surface area contributed by atoms with E-state index in [0.717, 1.165) is 5.56 Å². The Kier molecular flexibility index (Phi) is 4.53. The van der Waals surface area contributed by atoms with E-state index in [2.05, 4.69) is 11.7 Å². The fourth-order valence-electron chi connectivity index (χ4n) is 2.82. The fraction of sp³-hybridized carbons (Fsp3) is 0.294. The van der Waals surface area contributed by atoms with Crippen LogP contribution in [0, 0.1) is 0 Å².